The molecule has 15 heteroatoms. The number of carbonyl (C=O) groups is 1. The van der Waals surface area contributed by atoms with Gasteiger partial charge in [-0.3, -0.25) is 4.79 Å². The molecule has 3 aromatic heterocycles. The third-order valence-electron chi connectivity index (χ3n) is 7.89. The van der Waals surface area contributed by atoms with Crippen LogP contribution in [0.2, 0.25) is 0 Å². The van der Waals surface area contributed by atoms with E-state index in [0.717, 1.165) is 6.07 Å². The minimum atomic E-state index is -4.49. The molecule has 2 aliphatic heterocycles. The number of piperazine rings is 1. The Morgan fingerprint density at radius 2 is 1.74 bits per heavy atom. The molecule has 2 aliphatic rings. The van der Waals surface area contributed by atoms with Crippen molar-refractivity contribution in [2.75, 3.05) is 50.2 Å². The third-order valence-corrected chi connectivity index (χ3v) is 7.89. The SMILES string of the molecule is COc1nc(OC)nc(N2CCc3c(C(F)(F)F)ccc(N4CCN(C(=O)Cn5cnc6cccnc65)[C@H](C)C4)c3C2)n1. The van der Waals surface area contributed by atoms with Crippen molar-refractivity contribution in [1.82, 2.24) is 34.4 Å². The van der Waals surface area contributed by atoms with Crippen molar-refractivity contribution >= 4 is 28.7 Å². The van der Waals surface area contributed by atoms with Gasteiger partial charge in [0, 0.05) is 50.6 Å². The summed E-state index contributed by atoms with van der Waals surface area (Å²) in [5.74, 6) is 0.179. The van der Waals surface area contributed by atoms with Crippen LogP contribution < -0.4 is 19.3 Å². The van der Waals surface area contributed by atoms with Crippen molar-refractivity contribution in [2.45, 2.75) is 38.7 Å². The number of imidazole rings is 1. The molecule has 1 fully saturated rings. The number of rotatable bonds is 6. The molecule has 226 valence electrons. The minimum absolute atomic E-state index is 0.0472. The molecule has 1 aromatic carbocycles. The summed E-state index contributed by atoms with van der Waals surface area (Å²) >= 11 is 0. The van der Waals surface area contributed by atoms with Crippen molar-refractivity contribution in [3.63, 3.8) is 0 Å². The van der Waals surface area contributed by atoms with Gasteiger partial charge in [-0.2, -0.15) is 23.1 Å². The summed E-state index contributed by atoms with van der Waals surface area (Å²) in [5.41, 5.74) is 2.23. The number of methoxy groups -OCH3 is 2. The van der Waals surface area contributed by atoms with Gasteiger partial charge >= 0.3 is 18.2 Å². The molecular weight excluding hydrogens is 567 g/mol. The van der Waals surface area contributed by atoms with Gasteiger partial charge in [0.05, 0.1) is 26.1 Å². The predicted octanol–water partition coefficient (Wildman–Crippen LogP) is 2.95. The van der Waals surface area contributed by atoms with Crippen molar-refractivity contribution in [3.05, 3.63) is 53.5 Å². The van der Waals surface area contributed by atoms with Crippen LogP contribution in [-0.4, -0.2) is 86.7 Å². The molecule has 0 bridgehead atoms. The standard InChI is InChI=1S/C28H30F3N9O3/c1-17-13-37(11-12-40(17)23(41)15-39-16-33-21-5-4-9-32-24(21)39)22-7-6-20(28(29,30)31)18-8-10-38(14-19(18)22)25-34-26(42-2)36-27(35-25)43-3/h4-7,9,16-17H,8,10-15H2,1-3H3/t17-/m1/s1. The summed E-state index contributed by atoms with van der Waals surface area (Å²) in [6, 6.07) is 6.24. The fourth-order valence-electron chi connectivity index (χ4n) is 5.84. The number of alkyl halides is 3. The molecule has 0 aliphatic carbocycles. The first-order valence-corrected chi connectivity index (χ1v) is 13.8. The lowest BCUT2D eigenvalue weighted by atomic mass is 9.91. The maximum absolute atomic E-state index is 14.1. The van der Waals surface area contributed by atoms with E-state index in [-0.39, 0.29) is 61.5 Å². The highest BCUT2D eigenvalue weighted by Gasteiger charge is 2.38. The Balaban J connectivity index is 1.25. The van der Waals surface area contributed by atoms with E-state index in [0.29, 0.717) is 42.0 Å². The Kier molecular flexibility index (Phi) is 7.40. The van der Waals surface area contributed by atoms with Crippen molar-refractivity contribution in [3.8, 4) is 12.0 Å². The zero-order valence-corrected chi connectivity index (χ0v) is 23.9. The summed E-state index contributed by atoms with van der Waals surface area (Å²) in [5, 5.41) is 0. The summed E-state index contributed by atoms with van der Waals surface area (Å²) < 4.78 is 54.3. The Bertz CT molecular complexity index is 1640. The fraction of sp³-hybridized carbons (Fsp3) is 0.429. The zero-order valence-electron chi connectivity index (χ0n) is 23.9. The van der Waals surface area contributed by atoms with Gasteiger partial charge in [0.2, 0.25) is 11.9 Å². The second-order valence-corrected chi connectivity index (χ2v) is 10.5. The summed E-state index contributed by atoms with van der Waals surface area (Å²) in [4.78, 5) is 40.3. The number of fused-ring (bicyclic) bond motifs is 2. The van der Waals surface area contributed by atoms with E-state index in [1.807, 2.05) is 13.0 Å². The lowest BCUT2D eigenvalue weighted by Crippen LogP contribution is -2.55. The molecule has 12 nitrogen and oxygen atoms in total. The third kappa shape index (κ3) is 5.46. The number of benzene rings is 1. The van der Waals surface area contributed by atoms with Crippen molar-refractivity contribution in [2.24, 2.45) is 0 Å². The lowest BCUT2D eigenvalue weighted by molar-refractivity contribution is -0.138. The molecular formula is C28H30F3N9O3. The second-order valence-electron chi connectivity index (χ2n) is 10.5. The van der Waals surface area contributed by atoms with Gasteiger partial charge in [0.1, 0.15) is 12.1 Å². The number of amides is 1. The smallest absolute Gasteiger partial charge is 0.416 e. The first-order valence-electron chi connectivity index (χ1n) is 13.8. The van der Waals surface area contributed by atoms with E-state index in [1.54, 1.807) is 33.0 Å². The van der Waals surface area contributed by atoms with E-state index in [2.05, 4.69) is 29.8 Å². The lowest BCUT2D eigenvalue weighted by Gasteiger charge is -2.43. The number of pyridine rings is 1. The first-order chi connectivity index (χ1) is 20.7. The van der Waals surface area contributed by atoms with Crippen LogP contribution in [0.15, 0.2) is 36.8 Å². The van der Waals surface area contributed by atoms with Gasteiger partial charge in [-0.25, -0.2) is 9.97 Å². The fourth-order valence-corrected chi connectivity index (χ4v) is 5.84. The Labute approximate surface area is 245 Å². The molecule has 5 heterocycles. The van der Waals surface area contributed by atoms with Crippen LogP contribution in [0.5, 0.6) is 12.0 Å². The minimum Gasteiger partial charge on any atom is -0.467 e. The highest BCUT2D eigenvalue weighted by Crippen LogP contribution is 2.40. The number of ether oxygens (including phenoxy) is 2. The number of hydrogen-bond acceptors (Lipinski definition) is 10. The highest BCUT2D eigenvalue weighted by molar-refractivity contribution is 5.79. The molecule has 1 amide bonds. The Hall–Kier alpha value is -4.69. The number of hydrogen-bond donors (Lipinski definition) is 0. The molecule has 43 heavy (non-hydrogen) atoms. The van der Waals surface area contributed by atoms with Gasteiger partial charge in [-0.15, -0.1) is 4.98 Å². The predicted molar refractivity (Wildman–Crippen MR) is 150 cm³/mol. The first kappa shape index (κ1) is 28.4. The van der Waals surface area contributed by atoms with Gasteiger partial charge in [0.15, 0.2) is 5.65 Å². The van der Waals surface area contributed by atoms with Crippen molar-refractivity contribution < 1.29 is 27.4 Å². The summed E-state index contributed by atoms with van der Waals surface area (Å²) in [6.07, 6.45) is -1.08. The van der Waals surface area contributed by atoms with Crippen LogP contribution in [0.25, 0.3) is 11.2 Å². The van der Waals surface area contributed by atoms with E-state index in [9.17, 15) is 18.0 Å². The number of anilines is 2. The number of aromatic nitrogens is 6. The maximum atomic E-state index is 14.1. The average Bonchev–Trinajstić information content (AvgIpc) is 3.41. The van der Waals surface area contributed by atoms with Crippen LogP contribution in [-0.2, 0) is 30.5 Å². The van der Waals surface area contributed by atoms with Crippen LogP contribution in [0.3, 0.4) is 0 Å². The van der Waals surface area contributed by atoms with Crippen LogP contribution >= 0.6 is 0 Å². The monoisotopic (exact) mass is 597 g/mol. The molecule has 6 rings (SSSR count). The normalized spacial score (nSPS) is 17.3. The molecule has 0 unspecified atom stereocenters. The van der Waals surface area contributed by atoms with E-state index in [1.165, 1.54) is 20.3 Å². The van der Waals surface area contributed by atoms with Gasteiger partial charge in [0.25, 0.3) is 0 Å². The van der Waals surface area contributed by atoms with Crippen molar-refractivity contribution in [1.29, 1.82) is 0 Å². The van der Waals surface area contributed by atoms with Gasteiger partial charge in [-0.1, -0.05) is 0 Å². The number of halogens is 3. The van der Waals surface area contributed by atoms with Crippen LogP contribution in [0.1, 0.15) is 23.6 Å². The van der Waals surface area contributed by atoms with Crippen LogP contribution in [0.4, 0.5) is 24.8 Å². The Morgan fingerprint density at radius 1 is 0.977 bits per heavy atom. The zero-order chi connectivity index (χ0) is 30.3. The van der Waals surface area contributed by atoms with E-state index >= 15 is 0 Å². The number of carbonyl (C=O) groups excluding carboxylic acids is 1. The second kappa shape index (κ2) is 11.2. The van der Waals surface area contributed by atoms with Crippen LogP contribution in [0, 0.1) is 0 Å². The molecule has 0 radical (unpaired) electrons. The Morgan fingerprint density at radius 3 is 2.44 bits per heavy atom. The molecule has 0 saturated carbocycles. The maximum Gasteiger partial charge on any atom is 0.416 e. The molecule has 4 aromatic rings. The van der Waals surface area contributed by atoms with Gasteiger partial charge < -0.3 is 28.7 Å². The quantitative estimate of drug-likeness (QED) is 0.329. The molecule has 0 spiro atoms. The largest absolute Gasteiger partial charge is 0.467 e. The van der Waals surface area contributed by atoms with Gasteiger partial charge in [-0.05, 0) is 48.7 Å². The average molecular weight is 598 g/mol. The summed E-state index contributed by atoms with van der Waals surface area (Å²) in [6.45, 7) is 3.80. The molecule has 1 saturated heterocycles. The van der Waals surface area contributed by atoms with E-state index < -0.39 is 11.7 Å². The molecule has 1 atom stereocenters. The molecule has 0 N–H and O–H groups in total. The van der Waals surface area contributed by atoms with E-state index in [4.69, 9.17) is 9.47 Å². The highest BCUT2D eigenvalue weighted by atomic mass is 19.4. The summed E-state index contributed by atoms with van der Waals surface area (Å²) in [7, 11) is 2.83. The number of nitrogens with zero attached hydrogens (tertiary/aromatic N) is 9. The topological polar surface area (TPSA) is 115 Å².